The number of ether oxygens (including phenoxy) is 1. The molecule has 2 N–H and O–H groups in total. The second kappa shape index (κ2) is 5.98. The van der Waals surface area contributed by atoms with Gasteiger partial charge in [0.1, 0.15) is 6.10 Å². The van der Waals surface area contributed by atoms with Gasteiger partial charge in [0.2, 0.25) is 5.91 Å². The molecule has 0 aromatic heterocycles. The molecule has 1 aromatic rings. The summed E-state index contributed by atoms with van der Waals surface area (Å²) in [6.45, 7) is 3.30. The molecule has 2 atom stereocenters. The van der Waals surface area contributed by atoms with Crippen molar-refractivity contribution in [3.05, 3.63) is 35.4 Å². The summed E-state index contributed by atoms with van der Waals surface area (Å²) in [6.07, 6.45) is 0.651. The molecule has 18 heavy (non-hydrogen) atoms. The Kier molecular flexibility index (Phi) is 4.33. The minimum absolute atomic E-state index is 0.0673. The van der Waals surface area contributed by atoms with Crippen LogP contribution in [-0.2, 0) is 16.0 Å². The van der Waals surface area contributed by atoms with Crippen LogP contribution in [-0.4, -0.2) is 32.2 Å². The zero-order valence-corrected chi connectivity index (χ0v) is 10.9. The van der Waals surface area contributed by atoms with Crippen molar-refractivity contribution in [1.82, 2.24) is 10.6 Å². The maximum atomic E-state index is 11.7. The molecule has 1 amide bonds. The Morgan fingerprint density at radius 3 is 3.11 bits per heavy atom. The lowest BCUT2D eigenvalue weighted by atomic mass is 9.94. The number of benzene rings is 1. The summed E-state index contributed by atoms with van der Waals surface area (Å²) in [6, 6.07) is 8.58. The van der Waals surface area contributed by atoms with E-state index in [1.54, 1.807) is 14.0 Å². The van der Waals surface area contributed by atoms with Crippen molar-refractivity contribution in [3.8, 4) is 0 Å². The van der Waals surface area contributed by atoms with E-state index in [0.29, 0.717) is 6.54 Å². The summed E-state index contributed by atoms with van der Waals surface area (Å²) in [5.74, 6) is -0.0673. The maximum Gasteiger partial charge on any atom is 0.248 e. The van der Waals surface area contributed by atoms with Crippen molar-refractivity contribution >= 4 is 5.91 Å². The van der Waals surface area contributed by atoms with Crippen molar-refractivity contribution in [3.63, 3.8) is 0 Å². The van der Waals surface area contributed by atoms with Crippen LogP contribution < -0.4 is 10.6 Å². The van der Waals surface area contributed by atoms with E-state index in [-0.39, 0.29) is 11.9 Å². The zero-order valence-electron chi connectivity index (χ0n) is 10.9. The quantitative estimate of drug-likeness (QED) is 0.836. The third-order valence-electron chi connectivity index (χ3n) is 3.42. The van der Waals surface area contributed by atoms with Crippen LogP contribution in [0.15, 0.2) is 24.3 Å². The highest BCUT2D eigenvalue weighted by molar-refractivity contribution is 5.80. The van der Waals surface area contributed by atoms with Gasteiger partial charge in [-0.15, -0.1) is 0 Å². The van der Waals surface area contributed by atoms with Crippen LogP contribution in [0.5, 0.6) is 0 Å². The van der Waals surface area contributed by atoms with Gasteiger partial charge in [0.25, 0.3) is 0 Å². The number of carbonyl (C=O) groups excluding carboxylic acids is 1. The Morgan fingerprint density at radius 1 is 1.56 bits per heavy atom. The summed E-state index contributed by atoms with van der Waals surface area (Å²) in [5.41, 5.74) is 2.66. The van der Waals surface area contributed by atoms with Crippen molar-refractivity contribution in [1.29, 1.82) is 0 Å². The van der Waals surface area contributed by atoms with E-state index in [2.05, 4.69) is 28.8 Å². The van der Waals surface area contributed by atoms with E-state index in [0.717, 1.165) is 13.0 Å². The molecule has 1 heterocycles. The number of methoxy groups -OCH3 is 1. The second-order valence-corrected chi connectivity index (χ2v) is 4.58. The largest absolute Gasteiger partial charge is 0.372 e. The van der Waals surface area contributed by atoms with Gasteiger partial charge in [-0.05, 0) is 31.0 Å². The van der Waals surface area contributed by atoms with Crippen LogP contribution in [0.1, 0.15) is 24.1 Å². The van der Waals surface area contributed by atoms with Gasteiger partial charge in [-0.3, -0.25) is 4.79 Å². The lowest BCUT2D eigenvalue weighted by Crippen LogP contribution is -2.42. The van der Waals surface area contributed by atoms with Gasteiger partial charge in [-0.25, -0.2) is 0 Å². The molecular weight excluding hydrogens is 228 g/mol. The van der Waals surface area contributed by atoms with Crippen molar-refractivity contribution in [2.24, 2.45) is 0 Å². The first-order valence-corrected chi connectivity index (χ1v) is 6.34. The summed E-state index contributed by atoms with van der Waals surface area (Å²) in [5, 5.41) is 6.35. The molecule has 1 aromatic carbocycles. The number of fused-ring (bicyclic) bond motifs is 1. The van der Waals surface area contributed by atoms with Gasteiger partial charge >= 0.3 is 0 Å². The van der Waals surface area contributed by atoms with E-state index in [4.69, 9.17) is 4.74 Å². The lowest BCUT2D eigenvalue weighted by Gasteiger charge is -2.27. The van der Waals surface area contributed by atoms with E-state index in [1.807, 2.05) is 6.07 Å². The molecule has 1 aliphatic rings. The van der Waals surface area contributed by atoms with E-state index < -0.39 is 6.10 Å². The van der Waals surface area contributed by atoms with E-state index >= 15 is 0 Å². The fraction of sp³-hybridized carbons (Fsp3) is 0.500. The Labute approximate surface area is 108 Å². The van der Waals surface area contributed by atoms with Crippen LogP contribution in [0, 0.1) is 0 Å². The predicted octanol–water partition coefficient (Wildman–Crippen LogP) is 1.02. The van der Waals surface area contributed by atoms with Crippen molar-refractivity contribution in [2.75, 3.05) is 20.2 Å². The molecule has 0 saturated heterocycles. The number of amides is 1. The molecule has 1 aliphatic heterocycles. The summed E-state index contributed by atoms with van der Waals surface area (Å²) >= 11 is 0. The van der Waals surface area contributed by atoms with Gasteiger partial charge in [0.15, 0.2) is 0 Å². The van der Waals surface area contributed by atoms with Crippen molar-refractivity contribution in [2.45, 2.75) is 25.5 Å². The smallest absolute Gasteiger partial charge is 0.248 e. The van der Waals surface area contributed by atoms with E-state index in [9.17, 15) is 4.79 Å². The van der Waals surface area contributed by atoms with Gasteiger partial charge in [-0.1, -0.05) is 24.3 Å². The molecule has 0 bridgehead atoms. The summed E-state index contributed by atoms with van der Waals surface area (Å²) < 4.78 is 4.99. The Balaban J connectivity index is 1.97. The monoisotopic (exact) mass is 248 g/mol. The van der Waals surface area contributed by atoms with E-state index in [1.165, 1.54) is 11.1 Å². The molecule has 2 rings (SSSR count). The van der Waals surface area contributed by atoms with Crippen LogP contribution in [0.2, 0.25) is 0 Å². The van der Waals surface area contributed by atoms with Crippen LogP contribution in [0.3, 0.4) is 0 Å². The van der Waals surface area contributed by atoms with Crippen molar-refractivity contribution < 1.29 is 9.53 Å². The second-order valence-electron chi connectivity index (χ2n) is 4.58. The Morgan fingerprint density at radius 2 is 2.33 bits per heavy atom. The average molecular weight is 248 g/mol. The minimum Gasteiger partial charge on any atom is -0.372 e. The average Bonchev–Trinajstić information content (AvgIpc) is 2.43. The van der Waals surface area contributed by atoms with Gasteiger partial charge in [0.05, 0.1) is 0 Å². The standard InChI is InChI=1S/C14H20N2O2/c1-10(18-2)14(17)16-9-13-12-6-4-3-5-11(12)7-8-15-13/h3-6,10,13,15H,7-9H2,1-2H3,(H,16,17). The molecular formula is C14H20N2O2. The fourth-order valence-corrected chi connectivity index (χ4v) is 2.23. The predicted molar refractivity (Wildman–Crippen MR) is 70.4 cm³/mol. The normalized spacial score (nSPS) is 20.0. The van der Waals surface area contributed by atoms with Crippen LogP contribution in [0.4, 0.5) is 0 Å². The molecule has 0 fully saturated rings. The molecule has 2 unspecified atom stereocenters. The molecule has 0 radical (unpaired) electrons. The first-order valence-electron chi connectivity index (χ1n) is 6.34. The number of hydrogen-bond donors (Lipinski definition) is 2. The topological polar surface area (TPSA) is 50.4 Å². The van der Waals surface area contributed by atoms with Gasteiger partial charge in [0, 0.05) is 19.7 Å². The third kappa shape index (κ3) is 2.89. The summed E-state index contributed by atoms with van der Waals surface area (Å²) in [4.78, 5) is 11.7. The number of nitrogens with one attached hydrogen (secondary N) is 2. The molecule has 0 aliphatic carbocycles. The van der Waals surface area contributed by atoms with Crippen LogP contribution >= 0.6 is 0 Å². The lowest BCUT2D eigenvalue weighted by molar-refractivity contribution is -0.130. The Bertz CT molecular complexity index is 420. The van der Waals surface area contributed by atoms with Gasteiger partial charge < -0.3 is 15.4 Å². The first-order chi connectivity index (χ1) is 8.72. The highest BCUT2D eigenvalue weighted by Gasteiger charge is 2.20. The number of hydrogen-bond acceptors (Lipinski definition) is 3. The Hall–Kier alpha value is -1.39. The molecule has 0 saturated carbocycles. The fourth-order valence-electron chi connectivity index (χ4n) is 2.23. The first kappa shape index (κ1) is 13.1. The zero-order chi connectivity index (χ0) is 13.0. The third-order valence-corrected chi connectivity index (χ3v) is 3.42. The minimum atomic E-state index is -0.399. The summed E-state index contributed by atoms with van der Waals surface area (Å²) in [7, 11) is 1.54. The number of carbonyl (C=O) groups is 1. The van der Waals surface area contributed by atoms with Gasteiger partial charge in [-0.2, -0.15) is 0 Å². The highest BCUT2D eigenvalue weighted by atomic mass is 16.5. The number of rotatable bonds is 4. The SMILES string of the molecule is COC(C)C(=O)NCC1NCCc2ccccc21. The maximum absolute atomic E-state index is 11.7. The molecule has 4 nitrogen and oxygen atoms in total. The molecule has 4 heteroatoms. The molecule has 0 spiro atoms. The van der Waals surface area contributed by atoms with Crippen LogP contribution in [0.25, 0.3) is 0 Å². The molecule has 98 valence electrons. The highest BCUT2D eigenvalue weighted by Crippen LogP contribution is 2.21.